The van der Waals surface area contributed by atoms with Crippen LogP contribution in [0.5, 0.6) is 0 Å². The van der Waals surface area contributed by atoms with E-state index in [1.807, 2.05) is 17.0 Å². The molecule has 21 heavy (non-hydrogen) atoms. The van der Waals surface area contributed by atoms with Crippen molar-refractivity contribution >= 4 is 24.0 Å². The van der Waals surface area contributed by atoms with Crippen molar-refractivity contribution in [3.05, 3.63) is 29.3 Å². The largest absolute Gasteiger partial charge is 0.385 e. The van der Waals surface area contributed by atoms with Crippen LogP contribution in [0, 0.1) is 0 Å². The zero-order valence-corrected chi connectivity index (χ0v) is 13.2. The van der Waals surface area contributed by atoms with Gasteiger partial charge in [-0.05, 0) is 37.0 Å². The Bertz CT molecular complexity index is 507. The molecule has 1 atom stereocenters. The predicted octanol–water partition coefficient (Wildman–Crippen LogP) is 2.72. The summed E-state index contributed by atoms with van der Waals surface area (Å²) < 4.78 is 5.50. The third kappa shape index (κ3) is 3.16. The number of nitrogens with one attached hydrogen (secondary N) is 1. The van der Waals surface area contributed by atoms with Gasteiger partial charge in [0, 0.05) is 24.3 Å². The summed E-state index contributed by atoms with van der Waals surface area (Å²) in [5.74, 6) is 0.167. The number of fused-ring (bicyclic) bond motifs is 1. The van der Waals surface area contributed by atoms with Crippen LogP contribution in [0.2, 0.25) is 0 Å². The number of anilines is 1. The molecule has 2 aliphatic heterocycles. The third-order valence-corrected chi connectivity index (χ3v) is 4.29. The average Bonchev–Trinajstić information content (AvgIpc) is 2.53. The summed E-state index contributed by atoms with van der Waals surface area (Å²) >= 11 is 0. The van der Waals surface area contributed by atoms with Crippen molar-refractivity contribution in [2.75, 3.05) is 31.6 Å². The minimum atomic E-state index is 0. The standard InChI is InChI=1S/C16H22N2O2.ClH/c1-2-12-11-20-10-9-18(12)16(19)14-5-3-7-15-13(14)6-4-8-17-15;/h3,5,7,12,17H,2,4,6,8-11H2,1H3;1H. The number of morpholine rings is 1. The topological polar surface area (TPSA) is 41.6 Å². The van der Waals surface area contributed by atoms with E-state index in [2.05, 4.69) is 18.3 Å². The quantitative estimate of drug-likeness (QED) is 0.913. The molecule has 4 nitrogen and oxygen atoms in total. The number of halogens is 1. The van der Waals surface area contributed by atoms with Crippen molar-refractivity contribution in [1.82, 2.24) is 4.90 Å². The first kappa shape index (κ1) is 16.1. The summed E-state index contributed by atoms with van der Waals surface area (Å²) in [6, 6.07) is 6.23. The monoisotopic (exact) mass is 310 g/mol. The van der Waals surface area contributed by atoms with Gasteiger partial charge in [-0.15, -0.1) is 12.4 Å². The van der Waals surface area contributed by atoms with Gasteiger partial charge in [-0.2, -0.15) is 0 Å². The number of rotatable bonds is 2. The third-order valence-electron chi connectivity index (χ3n) is 4.29. The molecule has 1 amide bonds. The zero-order valence-electron chi connectivity index (χ0n) is 12.4. The number of benzene rings is 1. The van der Waals surface area contributed by atoms with Crippen LogP contribution in [0.25, 0.3) is 0 Å². The van der Waals surface area contributed by atoms with E-state index in [1.54, 1.807) is 0 Å². The van der Waals surface area contributed by atoms with Gasteiger partial charge in [0.1, 0.15) is 0 Å². The molecule has 1 unspecified atom stereocenters. The highest BCUT2D eigenvalue weighted by Gasteiger charge is 2.28. The number of ether oxygens (including phenoxy) is 1. The molecule has 2 aliphatic rings. The fourth-order valence-corrected chi connectivity index (χ4v) is 3.13. The van der Waals surface area contributed by atoms with Crippen LogP contribution in [-0.2, 0) is 11.2 Å². The van der Waals surface area contributed by atoms with E-state index < -0.39 is 0 Å². The molecular weight excluding hydrogens is 288 g/mol. The van der Waals surface area contributed by atoms with E-state index in [-0.39, 0.29) is 24.4 Å². The van der Waals surface area contributed by atoms with Crippen LogP contribution in [-0.4, -0.2) is 43.2 Å². The first-order valence-electron chi connectivity index (χ1n) is 7.55. The lowest BCUT2D eigenvalue weighted by Crippen LogP contribution is -2.48. The van der Waals surface area contributed by atoms with Crippen molar-refractivity contribution < 1.29 is 9.53 Å². The molecule has 5 heteroatoms. The van der Waals surface area contributed by atoms with Crippen LogP contribution in [0.4, 0.5) is 5.69 Å². The van der Waals surface area contributed by atoms with E-state index in [4.69, 9.17) is 4.74 Å². The molecule has 0 spiro atoms. The van der Waals surface area contributed by atoms with Crippen molar-refractivity contribution in [3.8, 4) is 0 Å². The Labute approximate surface area is 132 Å². The molecule has 3 rings (SSSR count). The molecule has 116 valence electrons. The van der Waals surface area contributed by atoms with E-state index in [0.717, 1.165) is 37.1 Å². The van der Waals surface area contributed by atoms with Gasteiger partial charge in [0.15, 0.2) is 0 Å². The van der Waals surface area contributed by atoms with Gasteiger partial charge < -0.3 is 15.0 Å². The Kier molecular flexibility index (Phi) is 5.48. The minimum absolute atomic E-state index is 0. The minimum Gasteiger partial charge on any atom is -0.385 e. The summed E-state index contributed by atoms with van der Waals surface area (Å²) in [7, 11) is 0. The van der Waals surface area contributed by atoms with Gasteiger partial charge in [0.2, 0.25) is 0 Å². The number of carbonyl (C=O) groups excluding carboxylic acids is 1. The Balaban J connectivity index is 0.00000161. The number of carbonyl (C=O) groups is 1. The number of amides is 1. The molecule has 1 aromatic rings. The molecule has 0 bridgehead atoms. The van der Waals surface area contributed by atoms with E-state index in [0.29, 0.717) is 19.8 Å². The smallest absolute Gasteiger partial charge is 0.254 e. The highest BCUT2D eigenvalue weighted by Crippen LogP contribution is 2.27. The van der Waals surface area contributed by atoms with Gasteiger partial charge >= 0.3 is 0 Å². The number of hydrogen-bond acceptors (Lipinski definition) is 3. The molecule has 0 aromatic heterocycles. The summed E-state index contributed by atoms with van der Waals surface area (Å²) in [5, 5.41) is 3.39. The van der Waals surface area contributed by atoms with Crippen molar-refractivity contribution in [1.29, 1.82) is 0 Å². The SMILES string of the molecule is CCC1COCCN1C(=O)c1cccc2c1CCCN2.Cl. The van der Waals surface area contributed by atoms with Crippen molar-refractivity contribution in [3.63, 3.8) is 0 Å². The Hall–Kier alpha value is -1.26. The molecule has 1 N–H and O–H groups in total. The summed E-state index contributed by atoms with van der Waals surface area (Å²) in [4.78, 5) is 14.9. The van der Waals surface area contributed by atoms with Gasteiger partial charge in [0.25, 0.3) is 5.91 Å². The molecule has 0 saturated carbocycles. The molecule has 1 fully saturated rings. The lowest BCUT2D eigenvalue weighted by atomic mass is 9.96. The van der Waals surface area contributed by atoms with Crippen molar-refractivity contribution in [2.24, 2.45) is 0 Å². The second kappa shape index (κ2) is 7.14. The molecule has 1 saturated heterocycles. The van der Waals surface area contributed by atoms with Crippen LogP contribution in [0.1, 0.15) is 35.7 Å². The zero-order chi connectivity index (χ0) is 13.9. The fraction of sp³-hybridized carbons (Fsp3) is 0.562. The Morgan fingerprint density at radius 3 is 3.14 bits per heavy atom. The lowest BCUT2D eigenvalue weighted by molar-refractivity contribution is -0.00285. The maximum Gasteiger partial charge on any atom is 0.254 e. The number of nitrogens with zero attached hydrogens (tertiary/aromatic N) is 1. The van der Waals surface area contributed by atoms with E-state index >= 15 is 0 Å². The van der Waals surface area contributed by atoms with Gasteiger partial charge in [0.05, 0.1) is 19.3 Å². The predicted molar refractivity (Wildman–Crippen MR) is 86.4 cm³/mol. The van der Waals surface area contributed by atoms with Crippen LogP contribution in [0.3, 0.4) is 0 Å². The van der Waals surface area contributed by atoms with Gasteiger partial charge in [-0.1, -0.05) is 13.0 Å². The summed E-state index contributed by atoms with van der Waals surface area (Å²) in [6.07, 6.45) is 3.03. The highest BCUT2D eigenvalue weighted by atomic mass is 35.5. The van der Waals surface area contributed by atoms with Crippen LogP contribution < -0.4 is 5.32 Å². The number of hydrogen-bond donors (Lipinski definition) is 1. The highest BCUT2D eigenvalue weighted by molar-refractivity contribution is 5.97. The lowest BCUT2D eigenvalue weighted by Gasteiger charge is -2.36. The average molecular weight is 311 g/mol. The molecule has 2 heterocycles. The normalized spacial score (nSPS) is 21.0. The molecule has 0 aliphatic carbocycles. The van der Waals surface area contributed by atoms with Crippen LogP contribution >= 0.6 is 12.4 Å². The second-order valence-electron chi connectivity index (χ2n) is 5.50. The molecule has 0 radical (unpaired) electrons. The summed E-state index contributed by atoms with van der Waals surface area (Å²) in [5.41, 5.74) is 3.18. The van der Waals surface area contributed by atoms with E-state index in [1.165, 1.54) is 5.56 Å². The molecule has 1 aromatic carbocycles. The maximum atomic E-state index is 12.9. The second-order valence-corrected chi connectivity index (χ2v) is 5.50. The van der Waals surface area contributed by atoms with Gasteiger partial charge in [-0.25, -0.2) is 0 Å². The van der Waals surface area contributed by atoms with Gasteiger partial charge in [-0.3, -0.25) is 4.79 Å². The van der Waals surface area contributed by atoms with Crippen LogP contribution in [0.15, 0.2) is 18.2 Å². The first-order chi connectivity index (χ1) is 9.81. The van der Waals surface area contributed by atoms with E-state index in [9.17, 15) is 4.79 Å². The Morgan fingerprint density at radius 1 is 1.48 bits per heavy atom. The Morgan fingerprint density at radius 2 is 2.33 bits per heavy atom. The fourth-order valence-electron chi connectivity index (χ4n) is 3.13. The maximum absolute atomic E-state index is 12.9. The first-order valence-corrected chi connectivity index (χ1v) is 7.55. The molecular formula is C16H23ClN2O2. The summed E-state index contributed by atoms with van der Waals surface area (Å²) in [6.45, 7) is 5.13. The van der Waals surface area contributed by atoms with Crippen molar-refractivity contribution in [2.45, 2.75) is 32.2 Å².